The zero-order valence-corrected chi connectivity index (χ0v) is 22.3. The number of aromatic nitrogens is 2. The van der Waals surface area contributed by atoms with E-state index in [-0.39, 0.29) is 29.9 Å². The van der Waals surface area contributed by atoms with Crippen LogP contribution in [0.15, 0.2) is 36.4 Å². The molecule has 0 bridgehead atoms. The molecule has 3 heterocycles. The van der Waals surface area contributed by atoms with Crippen molar-refractivity contribution < 1.29 is 24.2 Å². The van der Waals surface area contributed by atoms with Crippen LogP contribution in [-0.2, 0) is 18.3 Å². The number of hydrogen-bond donors (Lipinski definition) is 3. The third kappa shape index (κ3) is 5.65. The number of aryl methyl sites for hydroxylation is 2. The summed E-state index contributed by atoms with van der Waals surface area (Å²) in [4.78, 5) is 44.6. The number of ether oxygens (including phenoxy) is 1. The minimum Gasteiger partial charge on any atom is -0.488 e. The fourth-order valence-electron chi connectivity index (χ4n) is 4.75. The Morgan fingerprint density at radius 3 is 2.42 bits per heavy atom. The number of fused-ring (bicyclic) bond motifs is 1. The van der Waals surface area contributed by atoms with Crippen LogP contribution in [0.1, 0.15) is 60.2 Å². The lowest BCUT2D eigenvalue weighted by atomic mass is 10.0. The number of piperidine rings is 1. The number of amides is 3. The second-order valence-electron chi connectivity index (χ2n) is 9.72. The highest BCUT2D eigenvalue weighted by Crippen LogP contribution is 2.36. The van der Waals surface area contributed by atoms with Gasteiger partial charge >= 0.3 is 0 Å². The van der Waals surface area contributed by atoms with E-state index in [2.05, 4.69) is 10.6 Å². The second kappa shape index (κ2) is 11.6. The predicted octanol–water partition coefficient (Wildman–Crippen LogP) is 2.89. The summed E-state index contributed by atoms with van der Waals surface area (Å²) in [7, 11) is 1.78. The number of benzene rings is 1. The molecule has 10 heteroatoms. The average Bonchev–Trinajstić information content (AvgIpc) is 3.18. The molecule has 3 amide bonds. The SMILES string of the molecule is CCc1nc2c(cc1NC(=O)c1ccccc1)c(OC(C)C)c(C(=O)NC1CCN(C(=O)CO)CC1)n2C. The normalized spacial score (nSPS) is 14.1. The van der Waals surface area contributed by atoms with Crippen molar-refractivity contribution in [3.05, 3.63) is 53.3 Å². The Kier molecular flexibility index (Phi) is 8.31. The molecule has 0 atom stereocenters. The number of nitrogens with one attached hydrogen (secondary N) is 2. The minimum atomic E-state index is -0.511. The van der Waals surface area contributed by atoms with Gasteiger partial charge in [-0.05, 0) is 51.3 Å². The summed E-state index contributed by atoms with van der Waals surface area (Å²) < 4.78 is 7.89. The number of hydrogen-bond acceptors (Lipinski definition) is 6. The highest BCUT2D eigenvalue weighted by atomic mass is 16.5. The zero-order valence-electron chi connectivity index (χ0n) is 22.3. The van der Waals surface area contributed by atoms with Crippen LogP contribution in [0.3, 0.4) is 0 Å². The van der Waals surface area contributed by atoms with Gasteiger partial charge in [-0.15, -0.1) is 0 Å². The Bertz CT molecular complexity index is 1330. The highest BCUT2D eigenvalue weighted by Gasteiger charge is 2.29. The van der Waals surface area contributed by atoms with Crippen LogP contribution < -0.4 is 15.4 Å². The van der Waals surface area contributed by atoms with Crippen molar-refractivity contribution in [1.82, 2.24) is 19.8 Å². The fraction of sp³-hybridized carbons (Fsp3) is 0.429. The molecule has 1 fully saturated rings. The van der Waals surface area contributed by atoms with Gasteiger partial charge in [-0.2, -0.15) is 0 Å². The largest absolute Gasteiger partial charge is 0.488 e. The first kappa shape index (κ1) is 27.1. The van der Waals surface area contributed by atoms with E-state index in [9.17, 15) is 14.4 Å². The van der Waals surface area contributed by atoms with E-state index >= 15 is 0 Å². The number of aliphatic hydroxyl groups is 1. The van der Waals surface area contributed by atoms with Crippen molar-refractivity contribution in [2.45, 2.75) is 52.2 Å². The molecule has 1 aliphatic heterocycles. The molecular weight excluding hydrogens is 486 g/mol. The van der Waals surface area contributed by atoms with Crippen LogP contribution in [0.4, 0.5) is 5.69 Å². The molecule has 0 saturated carbocycles. The Hall–Kier alpha value is -3.92. The summed E-state index contributed by atoms with van der Waals surface area (Å²) in [6, 6.07) is 10.7. The number of anilines is 1. The van der Waals surface area contributed by atoms with Crippen LogP contribution in [0.2, 0.25) is 0 Å². The quantitative estimate of drug-likeness (QED) is 0.419. The fourth-order valence-corrected chi connectivity index (χ4v) is 4.75. The molecule has 0 unspecified atom stereocenters. The first-order valence-electron chi connectivity index (χ1n) is 13.0. The van der Waals surface area contributed by atoms with Gasteiger partial charge in [-0.25, -0.2) is 4.98 Å². The van der Waals surface area contributed by atoms with E-state index in [0.29, 0.717) is 71.8 Å². The van der Waals surface area contributed by atoms with Gasteiger partial charge in [0, 0.05) is 31.7 Å². The summed E-state index contributed by atoms with van der Waals surface area (Å²) in [6.07, 6.45) is 1.57. The van der Waals surface area contributed by atoms with Crippen LogP contribution in [0.5, 0.6) is 5.75 Å². The van der Waals surface area contributed by atoms with Crippen molar-refractivity contribution in [2.24, 2.45) is 7.05 Å². The Balaban J connectivity index is 1.66. The van der Waals surface area contributed by atoms with Crippen LogP contribution in [-0.4, -0.2) is 69.1 Å². The lowest BCUT2D eigenvalue weighted by molar-refractivity contribution is -0.135. The number of aliphatic hydroxyl groups excluding tert-OH is 1. The van der Waals surface area contributed by atoms with Gasteiger partial charge in [-0.3, -0.25) is 14.4 Å². The van der Waals surface area contributed by atoms with Gasteiger partial charge in [-0.1, -0.05) is 25.1 Å². The molecule has 2 aromatic heterocycles. The second-order valence-corrected chi connectivity index (χ2v) is 9.72. The van der Waals surface area contributed by atoms with Crippen LogP contribution in [0, 0.1) is 0 Å². The molecule has 3 aromatic rings. The number of likely N-dealkylation sites (tertiary alicyclic amines) is 1. The number of carbonyl (C=O) groups excluding carboxylic acids is 3. The van der Waals surface area contributed by atoms with Crippen LogP contribution in [0.25, 0.3) is 11.0 Å². The number of nitrogens with zero attached hydrogens (tertiary/aromatic N) is 3. The number of carbonyl (C=O) groups is 3. The molecule has 3 N–H and O–H groups in total. The van der Waals surface area contributed by atoms with E-state index in [1.54, 1.807) is 28.6 Å². The highest BCUT2D eigenvalue weighted by molar-refractivity contribution is 6.07. The van der Waals surface area contributed by atoms with Crippen molar-refractivity contribution >= 4 is 34.4 Å². The molecule has 0 radical (unpaired) electrons. The van der Waals surface area contributed by atoms with Crippen molar-refractivity contribution in [3.63, 3.8) is 0 Å². The Morgan fingerprint density at radius 1 is 1.13 bits per heavy atom. The van der Waals surface area contributed by atoms with Gasteiger partial charge in [0.15, 0.2) is 11.4 Å². The summed E-state index contributed by atoms with van der Waals surface area (Å²) in [5, 5.41) is 15.8. The molecule has 202 valence electrons. The summed E-state index contributed by atoms with van der Waals surface area (Å²) in [5.74, 6) is -0.425. The van der Waals surface area contributed by atoms with Gasteiger partial charge in [0.25, 0.3) is 11.8 Å². The van der Waals surface area contributed by atoms with Crippen molar-refractivity contribution in [3.8, 4) is 5.75 Å². The Morgan fingerprint density at radius 2 is 1.82 bits per heavy atom. The molecule has 1 aliphatic rings. The molecule has 1 aromatic carbocycles. The van der Waals surface area contributed by atoms with Gasteiger partial charge in [0.05, 0.1) is 22.9 Å². The van der Waals surface area contributed by atoms with Gasteiger partial charge in [0.2, 0.25) is 5.91 Å². The molecule has 38 heavy (non-hydrogen) atoms. The minimum absolute atomic E-state index is 0.116. The van der Waals surface area contributed by atoms with Crippen LogP contribution >= 0.6 is 0 Å². The molecular formula is C28H35N5O5. The molecule has 1 saturated heterocycles. The summed E-state index contributed by atoms with van der Waals surface area (Å²) >= 11 is 0. The molecule has 0 aliphatic carbocycles. The van der Waals surface area contributed by atoms with E-state index in [0.717, 1.165) is 0 Å². The van der Waals surface area contributed by atoms with Gasteiger partial charge < -0.3 is 29.9 Å². The third-order valence-electron chi connectivity index (χ3n) is 6.70. The standard InChI is InChI=1S/C28H35N5O5/c1-5-21-22(31-27(36)18-9-7-6-8-10-18)15-20-25(38-17(2)3)24(32(4)26(20)30-21)28(37)29-19-11-13-33(14-12-19)23(35)16-34/h6-10,15,17,19,34H,5,11-14,16H2,1-4H3,(H,29,37)(H,31,36). The van der Waals surface area contributed by atoms with Crippen molar-refractivity contribution in [1.29, 1.82) is 0 Å². The van der Waals surface area contributed by atoms with Crippen molar-refractivity contribution in [2.75, 3.05) is 25.0 Å². The van der Waals surface area contributed by atoms with Gasteiger partial charge in [0.1, 0.15) is 12.3 Å². The molecule has 10 nitrogen and oxygen atoms in total. The number of rotatable bonds is 8. The first-order valence-corrected chi connectivity index (χ1v) is 13.0. The van der Waals surface area contributed by atoms with E-state index in [1.807, 2.05) is 45.0 Å². The van der Waals surface area contributed by atoms with E-state index in [4.69, 9.17) is 14.8 Å². The average molecular weight is 522 g/mol. The lowest BCUT2D eigenvalue weighted by Gasteiger charge is -2.32. The maximum absolute atomic E-state index is 13.5. The topological polar surface area (TPSA) is 126 Å². The lowest BCUT2D eigenvalue weighted by Crippen LogP contribution is -2.47. The summed E-state index contributed by atoms with van der Waals surface area (Å²) in [5.41, 5.74) is 2.74. The van der Waals surface area contributed by atoms with E-state index in [1.165, 1.54) is 0 Å². The monoisotopic (exact) mass is 521 g/mol. The predicted molar refractivity (Wildman–Crippen MR) is 144 cm³/mol. The third-order valence-corrected chi connectivity index (χ3v) is 6.70. The molecule has 0 spiro atoms. The number of pyridine rings is 1. The maximum Gasteiger partial charge on any atom is 0.272 e. The summed E-state index contributed by atoms with van der Waals surface area (Å²) in [6.45, 7) is 6.17. The zero-order chi connectivity index (χ0) is 27.4. The maximum atomic E-state index is 13.5. The molecule has 4 rings (SSSR count). The smallest absolute Gasteiger partial charge is 0.272 e. The van der Waals surface area contributed by atoms with E-state index < -0.39 is 6.61 Å². The first-order chi connectivity index (χ1) is 18.2. The Labute approximate surface area is 222 Å².